The molecule has 1 fully saturated rings. The van der Waals surface area contributed by atoms with Gasteiger partial charge >= 0.3 is 0 Å². The van der Waals surface area contributed by atoms with E-state index in [1.807, 2.05) is 7.05 Å². The number of hydrogen-bond donors (Lipinski definition) is 2. The first-order valence-electron chi connectivity index (χ1n) is 6.58. The maximum absolute atomic E-state index is 12.1. The van der Waals surface area contributed by atoms with E-state index in [0.29, 0.717) is 12.5 Å². The van der Waals surface area contributed by atoms with Crippen LogP contribution in [0.15, 0.2) is 12.1 Å². The second kappa shape index (κ2) is 6.28. The summed E-state index contributed by atoms with van der Waals surface area (Å²) in [5, 5.41) is 13.7. The molecule has 1 aromatic rings. The number of nitrogens with two attached hydrogens (primary N) is 1. The van der Waals surface area contributed by atoms with E-state index in [2.05, 4.69) is 10.2 Å². The first-order chi connectivity index (χ1) is 9.88. The van der Waals surface area contributed by atoms with Crippen LogP contribution in [0.25, 0.3) is 0 Å². The SMILES string of the molecule is CN1CCC(CNC(=O)c2cc(Cl)c(N)c([N+](=O)[O-])c2)C1. The number of rotatable bonds is 4. The van der Waals surface area contributed by atoms with Crippen molar-refractivity contribution in [1.82, 2.24) is 10.2 Å². The van der Waals surface area contributed by atoms with Crippen molar-refractivity contribution in [2.45, 2.75) is 6.42 Å². The normalized spacial score (nSPS) is 18.7. The molecule has 0 aliphatic carbocycles. The summed E-state index contributed by atoms with van der Waals surface area (Å²) in [6.45, 7) is 2.49. The minimum Gasteiger partial charge on any atom is -0.392 e. The van der Waals surface area contributed by atoms with Crippen LogP contribution in [-0.4, -0.2) is 42.4 Å². The minimum absolute atomic E-state index is 0.00921. The monoisotopic (exact) mass is 312 g/mol. The van der Waals surface area contributed by atoms with Crippen LogP contribution in [0.3, 0.4) is 0 Å². The summed E-state index contributed by atoms with van der Waals surface area (Å²) in [4.78, 5) is 24.5. The summed E-state index contributed by atoms with van der Waals surface area (Å²) in [7, 11) is 2.03. The Kier molecular flexibility index (Phi) is 4.64. The second-order valence-electron chi connectivity index (χ2n) is 5.27. The van der Waals surface area contributed by atoms with Gasteiger partial charge < -0.3 is 16.0 Å². The van der Waals surface area contributed by atoms with Crippen LogP contribution >= 0.6 is 11.6 Å². The quantitative estimate of drug-likeness (QED) is 0.498. The molecule has 114 valence electrons. The number of nitrogens with one attached hydrogen (secondary N) is 1. The van der Waals surface area contributed by atoms with Crippen molar-refractivity contribution in [3.63, 3.8) is 0 Å². The van der Waals surface area contributed by atoms with Gasteiger partial charge in [-0.05, 0) is 32.0 Å². The summed E-state index contributed by atoms with van der Waals surface area (Å²) in [6, 6.07) is 2.50. The Morgan fingerprint density at radius 3 is 2.90 bits per heavy atom. The molecule has 8 heteroatoms. The molecule has 1 atom stereocenters. The maximum Gasteiger partial charge on any atom is 0.294 e. The fraction of sp³-hybridized carbons (Fsp3) is 0.462. The molecule has 1 saturated heterocycles. The van der Waals surface area contributed by atoms with Crippen molar-refractivity contribution in [2.24, 2.45) is 5.92 Å². The third-order valence-electron chi connectivity index (χ3n) is 3.61. The lowest BCUT2D eigenvalue weighted by Gasteiger charge is -2.12. The molecule has 1 aliphatic heterocycles. The molecule has 1 aromatic carbocycles. The average molecular weight is 313 g/mol. The summed E-state index contributed by atoms with van der Waals surface area (Å²) in [5.41, 5.74) is 5.19. The highest BCUT2D eigenvalue weighted by atomic mass is 35.5. The van der Waals surface area contributed by atoms with Crippen molar-refractivity contribution in [2.75, 3.05) is 32.4 Å². The zero-order chi connectivity index (χ0) is 15.6. The molecule has 1 heterocycles. The molecule has 1 amide bonds. The fourth-order valence-electron chi connectivity index (χ4n) is 2.42. The Bertz CT molecular complexity index is 579. The predicted molar refractivity (Wildman–Crippen MR) is 80.5 cm³/mol. The first kappa shape index (κ1) is 15.5. The molecule has 2 rings (SSSR count). The van der Waals surface area contributed by atoms with E-state index in [0.717, 1.165) is 25.6 Å². The zero-order valence-corrected chi connectivity index (χ0v) is 12.4. The minimum atomic E-state index is -0.649. The van der Waals surface area contributed by atoms with Crippen molar-refractivity contribution in [3.05, 3.63) is 32.8 Å². The Balaban J connectivity index is 2.07. The highest BCUT2D eigenvalue weighted by Crippen LogP contribution is 2.30. The Morgan fingerprint density at radius 1 is 1.62 bits per heavy atom. The number of hydrogen-bond acceptors (Lipinski definition) is 5. The van der Waals surface area contributed by atoms with Crippen LogP contribution in [0, 0.1) is 16.0 Å². The molecule has 3 N–H and O–H groups in total. The van der Waals surface area contributed by atoms with E-state index in [9.17, 15) is 14.9 Å². The van der Waals surface area contributed by atoms with Gasteiger partial charge in [0.2, 0.25) is 0 Å². The van der Waals surface area contributed by atoms with E-state index in [-0.39, 0.29) is 27.9 Å². The molecular weight excluding hydrogens is 296 g/mol. The van der Waals surface area contributed by atoms with Gasteiger partial charge in [-0.2, -0.15) is 0 Å². The van der Waals surface area contributed by atoms with Gasteiger partial charge in [0, 0.05) is 24.7 Å². The number of nitro groups is 1. The number of likely N-dealkylation sites (tertiary alicyclic amines) is 1. The molecule has 7 nitrogen and oxygen atoms in total. The summed E-state index contributed by atoms with van der Waals surface area (Å²) in [6.07, 6.45) is 1.03. The Labute approximate surface area is 127 Å². The van der Waals surface area contributed by atoms with Gasteiger partial charge in [0.25, 0.3) is 11.6 Å². The van der Waals surface area contributed by atoms with Gasteiger partial charge in [-0.15, -0.1) is 0 Å². The topological polar surface area (TPSA) is 102 Å². The number of carbonyl (C=O) groups is 1. The summed E-state index contributed by atoms with van der Waals surface area (Å²) in [5.74, 6) is 0.0211. The van der Waals surface area contributed by atoms with Gasteiger partial charge in [0.1, 0.15) is 5.69 Å². The van der Waals surface area contributed by atoms with Crippen LogP contribution < -0.4 is 11.1 Å². The molecular formula is C13H17ClN4O3. The summed E-state index contributed by atoms with van der Waals surface area (Å²) < 4.78 is 0. The number of nitro benzene ring substituents is 1. The molecule has 0 aromatic heterocycles. The highest BCUT2D eigenvalue weighted by Gasteiger charge is 2.22. The number of halogens is 1. The largest absolute Gasteiger partial charge is 0.392 e. The molecule has 21 heavy (non-hydrogen) atoms. The van der Waals surface area contributed by atoms with Gasteiger partial charge in [-0.3, -0.25) is 14.9 Å². The number of benzene rings is 1. The molecule has 0 bridgehead atoms. The number of carbonyl (C=O) groups excluding carboxylic acids is 1. The third kappa shape index (κ3) is 3.62. The van der Waals surface area contributed by atoms with E-state index in [1.54, 1.807) is 0 Å². The number of nitrogen functional groups attached to an aromatic ring is 1. The Morgan fingerprint density at radius 2 is 2.33 bits per heavy atom. The zero-order valence-electron chi connectivity index (χ0n) is 11.6. The van der Waals surface area contributed by atoms with E-state index in [1.165, 1.54) is 6.07 Å². The smallest absolute Gasteiger partial charge is 0.294 e. The lowest BCUT2D eigenvalue weighted by molar-refractivity contribution is -0.383. The number of nitrogens with zero attached hydrogens (tertiary/aromatic N) is 2. The van der Waals surface area contributed by atoms with Crippen LogP contribution in [0.4, 0.5) is 11.4 Å². The highest BCUT2D eigenvalue weighted by molar-refractivity contribution is 6.34. The molecule has 0 spiro atoms. The van der Waals surface area contributed by atoms with E-state index < -0.39 is 4.92 Å². The van der Waals surface area contributed by atoms with Crippen molar-refractivity contribution in [3.8, 4) is 0 Å². The second-order valence-corrected chi connectivity index (χ2v) is 5.68. The number of anilines is 1. The van der Waals surface area contributed by atoms with Gasteiger partial charge in [-0.1, -0.05) is 11.6 Å². The molecule has 1 aliphatic rings. The van der Waals surface area contributed by atoms with Crippen LogP contribution in [0.2, 0.25) is 5.02 Å². The van der Waals surface area contributed by atoms with E-state index >= 15 is 0 Å². The number of amides is 1. The molecule has 0 radical (unpaired) electrons. The fourth-order valence-corrected chi connectivity index (χ4v) is 2.63. The van der Waals surface area contributed by atoms with Crippen molar-refractivity contribution in [1.29, 1.82) is 0 Å². The standard InChI is InChI=1S/C13H17ClN4O3/c1-17-3-2-8(7-17)6-16-13(19)9-4-10(14)12(15)11(5-9)18(20)21/h4-5,8H,2-3,6-7,15H2,1H3,(H,16,19). The maximum atomic E-state index is 12.1. The predicted octanol–water partition coefficient (Wildman–Crippen LogP) is 1.51. The van der Waals surface area contributed by atoms with E-state index in [4.69, 9.17) is 17.3 Å². The molecule has 0 saturated carbocycles. The van der Waals surface area contributed by atoms with Gasteiger partial charge in [-0.25, -0.2) is 0 Å². The van der Waals surface area contributed by atoms with Crippen LogP contribution in [0.5, 0.6) is 0 Å². The van der Waals surface area contributed by atoms with Crippen molar-refractivity contribution < 1.29 is 9.72 Å². The van der Waals surface area contributed by atoms with Crippen molar-refractivity contribution >= 4 is 28.9 Å². The van der Waals surface area contributed by atoms with Gasteiger partial charge in [0.05, 0.1) is 9.95 Å². The summed E-state index contributed by atoms with van der Waals surface area (Å²) >= 11 is 5.84. The van der Waals surface area contributed by atoms with Crippen LogP contribution in [-0.2, 0) is 0 Å². The first-order valence-corrected chi connectivity index (χ1v) is 6.96. The average Bonchev–Trinajstić information content (AvgIpc) is 2.84. The van der Waals surface area contributed by atoms with Gasteiger partial charge in [0.15, 0.2) is 0 Å². The lowest BCUT2D eigenvalue weighted by atomic mass is 10.1. The molecule has 1 unspecified atom stereocenters. The lowest BCUT2D eigenvalue weighted by Crippen LogP contribution is -2.30. The third-order valence-corrected chi connectivity index (χ3v) is 3.92. The Hall–Kier alpha value is -1.86. The van der Waals surface area contributed by atoms with Crippen LogP contribution in [0.1, 0.15) is 16.8 Å².